The van der Waals surface area contributed by atoms with Crippen LogP contribution < -0.4 is 0 Å². The molecule has 0 fully saturated rings. The van der Waals surface area contributed by atoms with Gasteiger partial charge in [-0.3, -0.25) is 0 Å². The van der Waals surface area contributed by atoms with E-state index in [1.807, 2.05) is 68.4 Å². The van der Waals surface area contributed by atoms with E-state index < -0.39 is 12.1 Å². The number of carboxylic acids is 1. The van der Waals surface area contributed by atoms with Gasteiger partial charge in [-0.2, -0.15) is 0 Å². The molecule has 23 heavy (non-hydrogen) atoms. The van der Waals surface area contributed by atoms with Crippen molar-refractivity contribution in [3.63, 3.8) is 0 Å². The Hall–Kier alpha value is -1.78. The third kappa shape index (κ3) is 5.73. The van der Waals surface area contributed by atoms with Crippen molar-refractivity contribution in [3.8, 4) is 0 Å². The molecule has 2 rings (SSSR count). The fraction of sp³-hybridized carbons (Fsp3) is 0.316. The lowest BCUT2D eigenvalue weighted by atomic mass is 10.1. The van der Waals surface area contributed by atoms with E-state index in [4.69, 9.17) is 4.74 Å². The lowest BCUT2D eigenvalue weighted by Crippen LogP contribution is -2.28. The van der Waals surface area contributed by atoms with Gasteiger partial charge in [0.25, 0.3) is 0 Å². The summed E-state index contributed by atoms with van der Waals surface area (Å²) in [5.41, 5.74) is 0.998. The highest BCUT2D eigenvalue weighted by Crippen LogP contribution is 2.31. The summed E-state index contributed by atoms with van der Waals surface area (Å²) in [4.78, 5) is 13.7. The zero-order chi connectivity index (χ0) is 16.7. The number of hydrogen-bond donors (Lipinski definition) is 1. The largest absolute Gasteiger partial charge is 0.479 e. The molecule has 0 saturated carbocycles. The Bertz CT molecular complexity index is 626. The van der Waals surface area contributed by atoms with Crippen LogP contribution in [0, 0.1) is 5.92 Å². The average Bonchev–Trinajstić information content (AvgIpc) is 2.53. The Balaban J connectivity index is 2.13. The molecule has 4 heteroatoms. The predicted octanol–water partition coefficient (Wildman–Crippen LogP) is 4.51. The van der Waals surface area contributed by atoms with Crippen molar-refractivity contribution >= 4 is 17.7 Å². The van der Waals surface area contributed by atoms with E-state index in [1.54, 1.807) is 11.8 Å². The predicted molar refractivity (Wildman–Crippen MR) is 92.9 cm³/mol. The Morgan fingerprint density at radius 1 is 1.09 bits per heavy atom. The summed E-state index contributed by atoms with van der Waals surface area (Å²) in [6, 6.07) is 18.0. The maximum Gasteiger partial charge on any atom is 0.333 e. The number of hydrogen-bond acceptors (Lipinski definition) is 3. The molecule has 0 amide bonds. The van der Waals surface area contributed by atoms with E-state index in [0.29, 0.717) is 18.9 Å². The Morgan fingerprint density at radius 3 is 2.39 bits per heavy atom. The summed E-state index contributed by atoms with van der Waals surface area (Å²) in [5, 5.41) is 9.40. The van der Waals surface area contributed by atoms with Crippen LogP contribution in [0.25, 0.3) is 0 Å². The van der Waals surface area contributed by atoms with Crippen LogP contribution in [0.2, 0.25) is 0 Å². The van der Waals surface area contributed by atoms with E-state index in [0.717, 1.165) is 15.4 Å². The Kier molecular flexibility index (Phi) is 6.68. The Labute approximate surface area is 141 Å². The van der Waals surface area contributed by atoms with Crippen LogP contribution >= 0.6 is 11.8 Å². The van der Waals surface area contributed by atoms with Gasteiger partial charge in [-0.25, -0.2) is 4.79 Å². The lowest BCUT2D eigenvalue weighted by molar-refractivity contribution is -0.151. The maximum atomic E-state index is 11.5. The van der Waals surface area contributed by atoms with Crippen LogP contribution in [0.1, 0.15) is 19.4 Å². The highest BCUT2D eigenvalue weighted by atomic mass is 32.2. The number of ether oxygens (including phenoxy) is 1. The second-order valence-electron chi connectivity index (χ2n) is 5.78. The third-order valence-electron chi connectivity index (χ3n) is 3.26. The molecule has 0 bridgehead atoms. The first-order chi connectivity index (χ1) is 11.1. The molecule has 1 N–H and O–H groups in total. The Morgan fingerprint density at radius 2 is 1.74 bits per heavy atom. The quantitative estimate of drug-likeness (QED) is 0.774. The average molecular weight is 330 g/mol. The summed E-state index contributed by atoms with van der Waals surface area (Å²) in [6.45, 7) is 4.47. The fourth-order valence-corrected chi connectivity index (χ4v) is 3.09. The summed E-state index contributed by atoms with van der Waals surface area (Å²) >= 11 is 1.64. The number of carboxylic acid groups (broad SMARTS) is 1. The monoisotopic (exact) mass is 330 g/mol. The lowest BCUT2D eigenvalue weighted by Gasteiger charge is -2.17. The molecule has 0 radical (unpaired) electrons. The van der Waals surface area contributed by atoms with E-state index in [9.17, 15) is 9.90 Å². The molecule has 2 aromatic rings. The van der Waals surface area contributed by atoms with E-state index in [2.05, 4.69) is 0 Å². The summed E-state index contributed by atoms with van der Waals surface area (Å²) < 4.78 is 5.57. The van der Waals surface area contributed by atoms with E-state index in [-0.39, 0.29) is 0 Å². The molecular weight excluding hydrogens is 308 g/mol. The molecule has 0 aromatic heterocycles. The van der Waals surface area contributed by atoms with Gasteiger partial charge in [-0.05, 0) is 29.7 Å². The third-order valence-corrected chi connectivity index (χ3v) is 4.38. The van der Waals surface area contributed by atoms with E-state index >= 15 is 0 Å². The molecule has 2 aromatic carbocycles. The van der Waals surface area contributed by atoms with Crippen molar-refractivity contribution in [2.24, 2.45) is 5.92 Å². The number of rotatable bonds is 8. The molecule has 0 saturated heterocycles. The first kappa shape index (κ1) is 17.6. The molecule has 0 spiro atoms. The second kappa shape index (κ2) is 8.75. The standard InChI is InChI=1S/C19H22O3S/c1-14(2)13-22-17(19(20)21)12-15-8-6-7-11-18(15)23-16-9-4-3-5-10-16/h3-11,14,17H,12-13H2,1-2H3,(H,20,21)/t17-/m0/s1. The van der Waals surface area contributed by atoms with Crippen molar-refractivity contribution in [3.05, 3.63) is 60.2 Å². The first-order valence-electron chi connectivity index (χ1n) is 7.71. The van der Waals surface area contributed by atoms with E-state index in [1.165, 1.54) is 0 Å². The van der Waals surface area contributed by atoms with Crippen molar-refractivity contribution in [2.45, 2.75) is 36.2 Å². The van der Waals surface area contributed by atoms with Gasteiger partial charge in [0.2, 0.25) is 0 Å². The zero-order valence-electron chi connectivity index (χ0n) is 13.4. The van der Waals surface area contributed by atoms with Crippen LogP contribution in [-0.2, 0) is 16.0 Å². The molecule has 0 aliphatic heterocycles. The fourth-order valence-electron chi connectivity index (χ4n) is 2.11. The number of carbonyl (C=O) groups is 1. The molecule has 0 unspecified atom stereocenters. The minimum atomic E-state index is -0.912. The van der Waals surface area contributed by atoms with Crippen LogP contribution in [0.5, 0.6) is 0 Å². The normalized spacial score (nSPS) is 12.3. The van der Waals surface area contributed by atoms with Crippen LogP contribution in [0.3, 0.4) is 0 Å². The van der Waals surface area contributed by atoms with Gasteiger partial charge in [0.15, 0.2) is 6.10 Å². The highest BCUT2D eigenvalue weighted by Gasteiger charge is 2.20. The zero-order valence-corrected chi connectivity index (χ0v) is 14.3. The van der Waals surface area contributed by atoms with Crippen LogP contribution in [-0.4, -0.2) is 23.8 Å². The molecule has 0 aliphatic carbocycles. The van der Waals surface area contributed by atoms with Crippen LogP contribution in [0.4, 0.5) is 0 Å². The molecule has 1 atom stereocenters. The van der Waals surface area contributed by atoms with Gasteiger partial charge in [0, 0.05) is 16.2 Å². The van der Waals surface area contributed by atoms with Gasteiger partial charge in [0.1, 0.15) is 0 Å². The first-order valence-corrected chi connectivity index (χ1v) is 8.53. The number of aliphatic carboxylic acids is 1. The minimum Gasteiger partial charge on any atom is -0.479 e. The molecule has 0 heterocycles. The van der Waals surface area contributed by atoms with Crippen LogP contribution in [0.15, 0.2) is 64.4 Å². The summed E-state index contributed by atoms with van der Waals surface area (Å²) in [5.74, 6) is -0.601. The summed E-state index contributed by atoms with van der Waals surface area (Å²) in [7, 11) is 0. The smallest absolute Gasteiger partial charge is 0.333 e. The van der Waals surface area contributed by atoms with Crippen molar-refractivity contribution < 1.29 is 14.6 Å². The van der Waals surface area contributed by atoms with Gasteiger partial charge < -0.3 is 9.84 Å². The molecule has 0 aliphatic rings. The topological polar surface area (TPSA) is 46.5 Å². The van der Waals surface area contributed by atoms with Crippen molar-refractivity contribution in [2.75, 3.05) is 6.61 Å². The number of benzene rings is 2. The minimum absolute atomic E-state index is 0.311. The van der Waals surface area contributed by atoms with Gasteiger partial charge in [0.05, 0.1) is 6.61 Å². The molecule has 122 valence electrons. The van der Waals surface area contributed by atoms with Crippen molar-refractivity contribution in [1.82, 2.24) is 0 Å². The summed E-state index contributed by atoms with van der Waals surface area (Å²) in [6.07, 6.45) is -0.437. The molecule has 3 nitrogen and oxygen atoms in total. The van der Waals surface area contributed by atoms with Crippen molar-refractivity contribution in [1.29, 1.82) is 0 Å². The van der Waals surface area contributed by atoms with Gasteiger partial charge in [-0.1, -0.05) is 62.0 Å². The SMILES string of the molecule is CC(C)CO[C@@H](Cc1ccccc1Sc1ccccc1)C(=O)O. The maximum absolute atomic E-state index is 11.5. The highest BCUT2D eigenvalue weighted by molar-refractivity contribution is 7.99. The molecular formula is C19H22O3S. The van der Waals surface area contributed by atoms with Gasteiger partial charge >= 0.3 is 5.97 Å². The second-order valence-corrected chi connectivity index (χ2v) is 6.90. The van der Waals surface area contributed by atoms with Gasteiger partial charge in [-0.15, -0.1) is 0 Å².